The summed E-state index contributed by atoms with van der Waals surface area (Å²) in [6.07, 6.45) is -2.06. The maximum atomic E-state index is 10.8. The van der Waals surface area contributed by atoms with Crippen LogP contribution in [0.4, 0.5) is 0 Å². The summed E-state index contributed by atoms with van der Waals surface area (Å²) in [5, 5.41) is 20.0. The van der Waals surface area contributed by atoms with Gasteiger partial charge in [0.25, 0.3) is 0 Å². The van der Waals surface area contributed by atoms with Crippen molar-refractivity contribution >= 4 is 44.4 Å². The molecule has 2 N–H and O–H groups in total. The number of benzene rings is 1. The van der Waals surface area contributed by atoms with E-state index in [1.165, 1.54) is 6.92 Å². The van der Waals surface area contributed by atoms with E-state index in [0.717, 1.165) is 16.2 Å². The van der Waals surface area contributed by atoms with Crippen molar-refractivity contribution in [2.45, 2.75) is 19.1 Å². The van der Waals surface area contributed by atoms with Crippen LogP contribution in [-0.4, -0.2) is 27.2 Å². The van der Waals surface area contributed by atoms with Crippen molar-refractivity contribution in [2.75, 3.05) is 5.75 Å². The molecule has 94 valence electrons. The second kappa shape index (κ2) is 6.75. The molecular formula is C11H12BrClO3S. The number of carbonyl (C=O) groups excluding carboxylic acids is 1. The Balaban J connectivity index is 2.73. The average Bonchev–Trinajstić information content (AvgIpc) is 2.23. The van der Waals surface area contributed by atoms with Gasteiger partial charge in [0.2, 0.25) is 0 Å². The number of rotatable bonds is 4. The summed E-state index contributed by atoms with van der Waals surface area (Å²) in [6.45, 7) is 1.42. The topological polar surface area (TPSA) is 57.5 Å². The predicted molar refractivity (Wildman–Crippen MR) is 73.3 cm³/mol. The van der Waals surface area contributed by atoms with Crippen LogP contribution in [0.5, 0.6) is 0 Å². The Labute approximate surface area is 117 Å². The molecule has 2 atom stereocenters. The summed E-state index contributed by atoms with van der Waals surface area (Å²) in [7, 11) is 0. The second-order valence-electron chi connectivity index (χ2n) is 3.52. The number of thioether (sulfide) groups is 1. The minimum Gasteiger partial charge on any atom is -0.389 e. The van der Waals surface area contributed by atoms with Crippen LogP contribution in [0.25, 0.3) is 0 Å². The Morgan fingerprint density at radius 2 is 2.12 bits per heavy atom. The lowest BCUT2D eigenvalue weighted by Crippen LogP contribution is -2.21. The first kappa shape index (κ1) is 15.0. The lowest BCUT2D eigenvalue weighted by molar-refractivity contribution is -0.109. The third-order valence-corrected chi connectivity index (χ3v) is 3.64. The minimum atomic E-state index is -1.06. The van der Waals surface area contributed by atoms with Gasteiger partial charge in [-0.15, -0.1) is 0 Å². The number of carbonyl (C=O) groups is 1. The van der Waals surface area contributed by atoms with Gasteiger partial charge in [-0.1, -0.05) is 39.3 Å². The largest absolute Gasteiger partial charge is 0.389 e. The summed E-state index contributed by atoms with van der Waals surface area (Å²) in [5.41, 5.74) is 0.515. The van der Waals surface area contributed by atoms with E-state index >= 15 is 0 Å². The number of hydrogen-bond donors (Lipinski definition) is 2. The van der Waals surface area contributed by atoms with Crippen LogP contribution < -0.4 is 0 Å². The molecule has 0 bridgehead atoms. The van der Waals surface area contributed by atoms with Gasteiger partial charge in [0.1, 0.15) is 6.10 Å². The van der Waals surface area contributed by atoms with Gasteiger partial charge >= 0.3 is 0 Å². The molecule has 0 saturated carbocycles. The highest BCUT2D eigenvalue weighted by molar-refractivity contribution is 9.10. The third-order valence-electron chi connectivity index (χ3n) is 2.05. The van der Waals surface area contributed by atoms with Crippen molar-refractivity contribution in [2.24, 2.45) is 0 Å². The van der Waals surface area contributed by atoms with Gasteiger partial charge in [0.05, 0.1) is 6.10 Å². The fraction of sp³-hybridized carbons (Fsp3) is 0.364. The van der Waals surface area contributed by atoms with Crippen molar-refractivity contribution < 1.29 is 15.0 Å². The van der Waals surface area contributed by atoms with E-state index in [9.17, 15) is 15.0 Å². The van der Waals surface area contributed by atoms with Gasteiger partial charge in [0.15, 0.2) is 5.12 Å². The zero-order chi connectivity index (χ0) is 13.0. The van der Waals surface area contributed by atoms with E-state index in [2.05, 4.69) is 15.9 Å². The molecule has 6 heteroatoms. The maximum absolute atomic E-state index is 10.8. The van der Waals surface area contributed by atoms with Gasteiger partial charge in [-0.25, -0.2) is 0 Å². The van der Waals surface area contributed by atoms with Crippen LogP contribution in [0.2, 0.25) is 5.02 Å². The summed E-state index contributed by atoms with van der Waals surface area (Å²) >= 11 is 10.1. The van der Waals surface area contributed by atoms with E-state index in [0.29, 0.717) is 10.6 Å². The molecule has 0 aliphatic carbocycles. The predicted octanol–water partition coefficient (Wildman–Crippen LogP) is 2.78. The molecule has 0 radical (unpaired) electrons. The summed E-state index contributed by atoms with van der Waals surface area (Å²) in [5.74, 6) is 0.153. The number of aliphatic hydroxyl groups excluding tert-OH is 2. The van der Waals surface area contributed by atoms with Crippen LogP contribution in [-0.2, 0) is 4.79 Å². The van der Waals surface area contributed by atoms with E-state index in [-0.39, 0.29) is 10.9 Å². The molecule has 2 unspecified atom stereocenters. The maximum Gasteiger partial charge on any atom is 0.185 e. The highest BCUT2D eigenvalue weighted by Crippen LogP contribution is 2.26. The Bertz CT molecular complexity index is 393. The fourth-order valence-corrected chi connectivity index (χ4v) is 2.74. The standard InChI is InChI=1S/C11H12BrClO3S/c1-6(14)17-5-10(15)11(16)7-2-8(12)4-9(13)3-7/h2-4,10-11,15-16H,5H2,1H3. The summed E-state index contributed by atoms with van der Waals surface area (Å²) < 4.78 is 0.727. The monoisotopic (exact) mass is 338 g/mol. The Morgan fingerprint density at radius 3 is 2.65 bits per heavy atom. The first-order valence-corrected chi connectivity index (χ1v) is 7.01. The van der Waals surface area contributed by atoms with Crippen molar-refractivity contribution in [3.05, 3.63) is 33.3 Å². The number of hydrogen-bond acceptors (Lipinski definition) is 4. The molecule has 0 spiro atoms. The lowest BCUT2D eigenvalue weighted by atomic mass is 10.1. The molecule has 1 rings (SSSR count). The van der Waals surface area contributed by atoms with E-state index in [1.807, 2.05) is 0 Å². The lowest BCUT2D eigenvalue weighted by Gasteiger charge is -2.17. The fourth-order valence-electron chi connectivity index (χ4n) is 1.26. The highest BCUT2D eigenvalue weighted by atomic mass is 79.9. The van der Waals surface area contributed by atoms with Crippen molar-refractivity contribution in [1.82, 2.24) is 0 Å². The van der Waals surface area contributed by atoms with Crippen molar-refractivity contribution in [3.63, 3.8) is 0 Å². The summed E-state index contributed by atoms with van der Waals surface area (Å²) in [4.78, 5) is 10.8. The second-order valence-corrected chi connectivity index (χ2v) is 6.07. The highest BCUT2D eigenvalue weighted by Gasteiger charge is 2.19. The van der Waals surface area contributed by atoms with Gasteiger partial charge in [-0.05, 0) is 23.8 Å². The molecule has 0 aliphatic rings. The molecule has 1 aromatic rings. The van der Waals surface area contributed by atoms with Crippen LogP contribution >= 0.6 is 39.3 Å². The normalized spacial score (nSPS) is 14.4. The molecule has 0 aromatic heterocycles. The van der Waals surface area contributed by atoms with E-state index in [1.54, 1.807) is 18.2 Å². The average molecular weight is 340 g/mol. The molecule has 0 amide bonds. The molecule has 0 saturated heterocycles. The van der Waals surface area contributed by atoms with Crippen molar-refractivity contribution in [3.8, 4) is 0 Å². The van der Waals surface area contributed by atoms with Crippen molar-refractivity contribution in [1.29, 1.82) is 0 Å². The molecule has 1 aromatic carbocycles. The first-order valence-electron chi connectivity index (χ1n) is 4.85. The summed E-state index contributed by atoms with van der Waals surface area (Å²) in [6, 6.07) is 4.95. The van der Waals surface area contributed by atoms with Gasteiger partial charge in [-0.2, -0.15) is 0 Å². The minimum absolute atomic E-state index is 0.0940. The smallest absolute Gasteiger partial charge is 0.185 e. The molecule has 0 aliphatic heterocycles. The molecule has 0 heterocycles. The number of aliphatic hydroxyl groups is 2. The first-order chi connectivity index (χ1) is 7.90. The Hall–Kier alpha value is -0.0700. The molecule has 3 nitrogen and oxygen atoms in total. The Morgan fingerprint density at radius 1 is 1.47 bits per heavy atom. The molecular weight excluding hydrogens is 328 g/mol. The zero-order valence-corrected chi connectivity index (χ0v) is 12.2. The van der Waals surface area contributed by atoms with Gasteiger partial charge in [0, 0.05) is 22.2 Å². The van der Waals surface area contributed by atoms with Gasteiger partial charge < -0.3 is 10.2 Å². The zero-order valence-electron chi connectivity index (χ0n) is 9.06. The van der Waals surface area contributed by atoms with E-state index < -0.39 is 12.2 Å². The van der Waals surface area contributed by atoms with Crippen LogP contribution in [0.15, 0.2) is 22.7 Å². The Kier molecular flexibility index (Phi) is 5.95. The van der Waals surface area contributed by atoms with Crippen LogP contribution in [0, 0.1) is 0 Å². The van der Waals surface area contributed by atoms with Crippen LogP contribution in [0.3, 0.4) is 0 Å². The SMILES string of the molecule is CC(=O)SCC(O)C(O)c1cc(Cl)cc(Br)c1. The third kappa shape index (κ3) is 4.97. The van der Waals surface area contributed by atoms with E-state index in [4.69, 9.17) is 11.6 Å². The molecule has 17 heavy (non-hydrogen) atoms. The van der Waals surface area contributed by atoms with Crippen LogP contribution in [0.1, 0.15) is 18.6 Å². The number of halogens is 2. The quantitative estimate of drug-likeness (QED) is 0.885. The van der Waals surface area contributed by atoms with Gasteiger partial charge in [-0.3, -0.25) is 4.79 Å². The molecule has 0 fully saturated rings.